The zero-order chi connectivity index (χ0) is 4.50. The Morgan fingerprint density at radius 2 is 1.22 bits per heavy atom. The minimum absolute atomic E-state index is 0. The van der Waals surface area contributed by atoms with Crippen molar-refractivity contribution < 1.29 is 56.2 Å². The minimum Gasteiger partial charge on any atom is -1.00 e. The Hall–Kier alpha value is 1.88. The predicted molar refractivity (Wildman–Crippen MR) is 27.3 cm³/mol. The molecule has 1 radical (unpaired) electrons. The molecule has 0 fully saturated rings. The molecule has 0 heterocycles. The standard InChI is InChI=1S/Fe.Mg.Mn.H3N.H3O4P.2H/c;;;;1-5(2,3)4;;/h;;;1H3;(H3,1,2,3,4);;/q;+2;;;;2*-1. The number of hydrogen-bond donors (Lipinski definition) is 4. The fraction of sp³-hybridized carbons (Fsp3) is 0. The summed E-state index contributed by atoms with van der Waals surface area (Å²) in [5.41, 5.74) is 0. The molecule has 0 aliphatic carbocycles. The van der Waals surface area contributed by atoms with Gasteiger partial charge in [-0.2, -0.15) is 0 Å². The summed E-state index contributed by atoms with van der Waals surface area (Å²) in [7, 11) is -4.64. The van der Waals surface area contributed by atoms with Crippen LogP contribution in [-0.2, 0) is 38.7 Å². The normalized spacial score (nSPS) is 6.56. The van der Waals surface area contributed by atoms with Gasteiger partial charge in [-0.25, -0.2) is 4.57 Å². The van der Waals surface area contributed by atoms with Gasteiger partial charge in [0, 0.05) is 34.1 Å². The zero-order valence-corrected chi connectivity index (χ0v) is 8.94. The maximum atomic E-state index is 8.88. The van der Waals surface area contributed by atoms with Crippen LogP contribution in [0.25, 0.3) is 0 Å². The largest absolute Gasteiger partial charge is 2.00 e. The third-order valence-electron chi connectivity index (χ3n) is 0. The van der Waals surface area contributed by atoms with Crippen molar-refractivity contribution in [3.05, 3.63) is 0 Å². The van der Waals surface area contributed by atoms with E-state index in [9.17, 15) is 0 Å². The van der Waals surface area contributed by atoms with Gasteiger partial charge in [0.2, 0.25) is 0 Å². The van der Waals surface area contributed by atoms with E-state index in [1.807, 2.05) is 0 Å². The predicted octanol–water partition coefficient (Wildman–Crippen LogP) is -0.927. The Morgan fingerprint density at radius 1 is 1.22 bits per heavy atom. The van der Waals surface area contributed by atoms with Gasteiger partial charge in [0.15, 0.2) is 0 Å². The number of rotatable bonds is 0. The van der Waals surface area contributed by atoms with Gasteiger partial charge in [-0.05, 0) is 0 Å². The molecule has 0 aliphatic heterocycles. The molecule has 0 aromatic carbocycles. The third kappa shape index (κ3) is 174. The summed E-state index contributed by atoms with van der Waals surface area (Å²) in [6.45, 7) is 0. The molecule has 59 valence electrons. The Labute approximate surface area is 92.9 Å². The van der Waals surface area contributed by atoms with E-state index in [0.29, 0.717) is 0 Å². The quantitative estimate of drug-likeness (QED) is 0.329. The molecule has 0 rings (SSSR count). The van der Waals surface area contributed by atoms with Gasteiger partial charge in [0.1, 0.15) is 0 Å². The van der Waals surface area contributed by atoms with E-state index in [4.69, 9.17) is 19.2 Å². The smallest absolute Gasteiger partial charge is 1.00 e. The fourth-order valence-corrected chi connectivity index (χ4v) is 0. The monoisotopic (exact) mass is 252 g/mol. The summed E-state index contributed by atoms with van der Waals surface area (Å²) in [6.07, 6.45) is 0. The van der Waals surface area contributed by atoms with E-state index in [0.717, 1.165) is 0 Å². The average Bonchev–Trinajstić information content (AvgIpc) is 0.722. The van der Waals surface area contributed by atoms with Crippen LogP contribution in [0, 0.1) is 0 Å². The molecule has 0 aromatic rings. The average molecular weight is 252 g/mol. The Balaban J connectivity index is -0.00000000533. The molecule has 6 N–H and O–H groups in total. The van der Waals surface area contributed by atoms with E-state index in [1.54, 1.807) is 0 Å². The van der Waals surface area contributed by atoms with Crippen molar-refractivity contribution in [2.24, 2.45) is 0 Å². The van der Waals surface area contributed by atoms with Crippen molar-refractivity contribution in [3.63, 3.8) is 0 Å². The Bertz CT molecular complexity index is 74.2. The van der Waals surface area contributed by atoms with E-state index in [1.165, 1.54) is 0 Å². The molecule has 0 aliphatic rings. The van der Waals surface area contributed by atoms with Crippen LogP contribution in [-0.4, -0.2) is 37.7 Å². The summed E-state index contributed by atoms with van der Waals surface area (Å²) in [5.74, 6) is 0. The van der Waals surface area contributed by atoms with Crippen molar-refractivity contribution in [3.8, 4) is 0 Å². The molecule has 0 atom stereocenters. The van der Waals surface area contributed by atoms with Crippen LogP contribution >= 0.6 is 7.82 Å². The second kappa shape index (κ2) is 12.5. The van der Waals surface area contributed by atoms with Gasteiger partial charge in [-0.15, -0.1) is 0 Å². The van der Waals surface area contributed by atoms with Gasteiger partial charge >= 0.3 is 30.9 Å². The summed E-state index contributed by atoms with van der Waals surface area (Å²) < 4.78 is 8.88. The fourth-order valence-electron chi connectivity index (χ4n) is 0. The van der Waals surface area contributed by atoms with Gasteiger partial charge in [-0.1, -0.05) is 0 Å². The molecule has 0 spiro atoms. The first kappa shape index (κ1) is 30.7. The van der Waals surface area contributed by atoms with Crippen LogP contribution in [0.4, 0.5) is 0 Å². The molecule has 0 bridgehead atoms. The molecular weight excluding hydrogens is 244 g/mol. The number of phosphoric acid groups is 1. The molecule has 0 saturated carbocycles. The summed E-state index contributed by atoms with van der Waals surface area (Å²) in [6, 6.07) is 0. The van der Waals surface area contributed by atoms with Crippen LogP contribution in [0.5, 0.6) is 0 Å². The van der Waals surface area contributed by atoms with Crippen LogP contribution in [0.3, 0.4) is 0 Å². The van der Waals surface area contributed by atoms with Crippen molar-refractivity contribution in [1.82, 2.24) is 6.15 Å². The van der Waals surface area contributed by atoms with E-state index in [2.05, 4.69) is 0 Å². The van der Waals surface area contributed by atoms with Gasteiger partial charge < -0.3 is 23.7 Å². The third-order valence-corrected chi connectivity index (χ3v) is 0. The van der Waals surface area contributed by atoms with Crippen LogP contribution in [0.2, 0.25) is 0 Å². The Morgan fingerprint density at radius 3 is 1.22 bits per heavy atom. The van der Waals surface area contributed by atoms with Crippen molar-refractivity contribution in [2.75, 3.05) is 0 Å². The van der Waals surface area contributed by atoms with Crippen molar-refractivity contribution in [1.29, 1.82) is 0 Å². The first-order valence-electron chi connectivity index (χ1n) is 0.783. The Kier molecular flexibility index (Phi) is 42.8. The van der Waals surface area contributed by atoms with E-state index in [-0.39, 0.29) is 66.2 Å². The van der Waals surface area contributed by atoms with E-state index < -0.39 is 7.82 Å². The molecule has 0 unspecified atom stereocenters. The summed E-state index contributed by atoms with van der Waals surface area (Å²) in [4.78, 5) is 21.6. The van der Waals surface area contributed by atoms with Crippen LogP contribution in [0.15, 0.2) is 0 Å². The van der Waals surface area contributed by atoms with Crippen LogP contribution < -0.4 is 6.15 Å². The molecular formula is H8FeMgMnNO4P. The molecule has 0 saturated heterocycles. The van der Waals surface area contributed by atoms with Gasteiger partial charge in [0.05, 0.1) is 0 Å². The van der Waals surface area contributed by atoms with Gasteiger partial charge in [0.25, 0.3) is 0 Å². The molecule has 5 nitrogen and oxygen atoms in total. The summed E-state index contributed by atoms with van der Waals surface area (Å²) >= 11 is 0. The molecule has 0 amide bonds. The van der Waals surface area contributed by atoms with Crippen molar-refractivity contribution >= 4 is 30.9 Å². The second-order valence-corrected chi connectivity index (χ2v) is 1.54. The topological polar surface area (TPSA) is 113 Å². The maximum absolute atomic E-state index is 8.88. The summed E-state index contributed by atoms with van der Waals surface area (Å²) in [5, 5.41) is 0. The first-order valence-corrected chi connectivity index (χ1v) is 2.35. The molecule has 0 aromatic heterocycles. The first-order chi connectivity index (χ1) is 2.00. The van der Waals surface area contributed by atoms with Crippen molar-refractivity contribution in [2.45, 2.75) is 0 Å². The second-order valence-electron chi connectivity index (χ2n) is 0.513. The van der Waals surface area contributed by atoms with Crippen LogP contribution in [0.1, 0.15) is 2.85 Å². The minimum atomic E-state index is -4.64. The van der Waals surface area contributed by atoms with E-state index >= 15 is 0 Å². The molecule has 9 heteroatoms. The SMILES string of the molecule is N.O=P(O)(O)O.[Fe].[H-].[H-].[Mg+2].[Mn]. The zero-order valence-electron chi connectivity index (χ0n) is 6.34. The van der Waals surface area contributed by atoms with Gasteiger partial charge in [-0.3, -0.25) is 0 Å². The molecule has 9 heavy (non-hydrogen) atoms. The maximum Gasteiger partial charge on any atom is 2.00 e. The number of hydrogen-bond acceptors (Lipinski definition) is 2.